The number of rotatable bonds is 0. The number of hydrogen-bond acceptors (Lipinski definition) is 0. The van der Waals surface area contributed by atoms with Crippen LogP contribution in [-0.2, 0) is 17.1 Å². The summed E-state index contributed by atoms with van der Waals surface area (Å²) in [5.41, 5.74) is 0. The van der Waals surface area contributed by atoms with Gasteiger partial charge in [-0.2, -0.15) is 13.5 Å². The van der Waals surface area contributed by atoms with Crippen LogP contribution < -0.4 is 0 Å². The molecule has 0 aromatic rings. The van der Waals surface area contributed by atoms with Gasteiger partial charge in [-0.05, 0) is 0 Å². The minimum Gasteiger partial charge on any atom is 0 e. The predicted octanol–water partition coefficient (Wildman–Crippen LogP) is -1.72. The topological polar surface area (TPSA) is 0 Å². The molecule has 0 aliphatic rings. The van der Waals surface area contributed by atoms with Crippen molar-refractivity contribution in [2.75, 3.05) is 0 Å². The summed E-state index contributed by atoms with van der Waals surface area (Å²) in [6.07, 6.45) is 0. The van der Waals surface area contributed by atoms with Crippen molar-refractivity contribution in [2.24, 2.45) is 0 Å². The Labute approximate surface area is 89.5 Å². The van der Waals surface area contributed by atoms with Crippen LogP contribution in [-0.4, -0.2) is 60.8 Å². The third-order valence-corrected chi connectivity index (χ3v) is 0. The molecule has 0 radical (unpaired) electrons. The van der Waals surface area contributed by atoms with E-state index in [1.807, 2.05) is 0 Å². The largest absolute Gasteiger partial charge is 0.316 e. The van der Waals surface area contributed by atoms with E-state index in [4.69, 9.17) is 0 Å². The van der Waals surface area contributed by atoms with Crippen molar-refractivity contribution < 1.29 is 17.1 Å². The maximum atomic E-state index is 0. The molecule has 0 aliphatic carbocycles. The van der Waals surface area contributed by atoms with Gasteiger partial charge in [0.05, 0.1) is 0 Å². The molecule has 0 nitrogen and oxygen atoms in total. The zero-order valence-electron chi connectivity index (χ0n) is 0.854. The van der Waals surface area contributed by atoms with Gasteiger partial charge in [0, 0.05) is 17.1 Å². The molecule has 0 rings (SSSR count). The van der Waals surface area contributed by atoms with Crippen molar-refractivity contribution >= 4 is 74.3 Å². The summed E-state index contributed by atoms with van der Waals surface area (Å²) in [6.45, 7) is 0. The molecule has 24 valence electrons. The minimum atomic E-state index is 0. The van der Waals surface area contributed by atoms with Crippen LogP contribution in [0.15, 0.2) is 0 Å². The Bertz CT molecular complexity index is 8.00. The summed E-state index contributed by atoms with van der Waals surface area (Å²) in [6, 6.07) is 0. The van der Waals surface area contributed by atoms with Gasteiger partial charge in [-0.3, -0.25) is 0 Å². The van der Waals surface area contributed by atoms with Gasteiger partial charge in [0.25, 0.3) is 0 Å². The minimum absolute atomic E-state index is 0. The van der Waals surface area contributed by atoms with Crippen molar-refractivity contribution in [3.63, 3.8) is 0 Å². The van der Waals surface area contributed by atoms with Gasteiger partial charge in [0.15, 0.2) is 0 Å². The molecule has 0 saturated carbocycles. The monoisotopic (exact) mass is 158 g/mol. The van der Waals surface area contributed by atoms with Crippen molar-refractivity contribution in [1.82, 2.24) is 0 Å². The third kappa shape index (κ3) is 8.86. The van der Waals surface area contributed by atoms with Crippen LogP contribution in [0, 0.1) is 0 Å². The number of hydrogen-bond donors (Lipinski definition) is 0. The molecule has 0 aromatic carbocycles. The van der Waals surface area contributed by atoms with E-state index in [0.29, 0.717) is 0 Å². The van der Waals surface area contributed by atoms with E-state index in [2.05, 4.69) is 0 Å². The molecule has 0 aliphatic heterocycles. The third-order valence-electron chi connectivity index (χ3n) is 0. The summed E-state index contributed by atoms with van der Waals surface area (Å²) >= 11 is 0. The Morgan fingerprint density at radius 2 is 1.00 bits per heavy atom. The van der Waals surface area contributed by atoms with Gasteiger partial charge < -0.3 is 0 Å². The Hall–Kier alpha value is 2.90. The van der Waals surface area contributed by atoms with Crippen LogP contribution in [0.4, 0.5) is 0 Å². The molecule has 4 heteroatoms. The smallest absolute Gasteiger partial charge is 0 e. The molecule has 0 spiro atoms. The first-order valence-electron chi connectivity index (χ1n) is 0. The average Bonchev–Trinajstić information content (AvgIpc) is 0. The van der Waals surface area contributed by atoms with Gasteiger partial charge >= 0.3 is 60.8 Å². The fraction of sp³-hybridized carbons (Fsp3) is 0. The van der Waals surface area contributed by atoms with Crippen molar-refractivity contribution in [2.45, 2.75) is 0 Å². The molecule has 0 atom stereocenters. The van der Waals surface area contributed by atoms with Crippen LogP contribution in [0.2, 0.25) is 0 Å². The first kappa shape index (κ1) is 28.6. The Morgan fingerprint density at radius 3 is 1.00 bits per heavy atom. The quantitative estimate of drug-likeness (QED) is 0.368. The Kier molecular flexibility index (Phi) is 120. The van der Waals surface area contributed by atoms with Crippen LogP contribution in [0.3, 0.4) is 0 Å². The average molecular weight is 158 g/mol. The molecule has 4 heavy (non-hydrogen) atoms. The van der Waals surface area contributed by atoms with E-state index in [-0.39, 0.29) is 91.4 Å². The van der Waals surface area contributed by atoms with Crippen LogP contribution in [0.25, 0.3) is 0 Å². The van der Waals surface area contributed by atoms with Crippen molar-refractivity contribution in [3.8, 4) is 0 Å². The van der Waals surface area contributed by atoms with Gasteiger partial charge in [-0.25, -0.2) is 0 Å². The molecule has 0 aromatic heterocycles. The second kappa shape index (κ2) is 16.9. The van der Waals surface area contributed by atoms with E-state index < -0.39 is 0 Å². The molecule has 0 N–H and O–H groups in total. The van der Waals surface area contributed by atoms with Crippen LogP contribution >= 0.6 is 13.5 Å². The fourth-order valence-corrected chi connectivity index (χ4v) is 0. The van der Waals surface area contributed by atoms with E-state index in [1.54, 1.807) is 0 Å². The SMILES string of the molecule is S.[CaH2].[Fe].[MgH2]. The van der Waals surface area contributed by atoms with E-state index >= 15 is 0 Å². The summed E-state index contributed by atoms with van der Waals surface area (Å²) in [4.78, 5) is 0. The van der Waals surface area contributed by atoms with Crippen LogP contribution in [0.5, 0.6) is 0 Å². The summed E-state index contributed by atoms with van der Waals surface area (Å²) < 4.78 is 0. The Morgan fingerprint density at radius 1 is 1.00 bits per heavy atom. The van der Waals surface area contributed by atoms with Crippen molar-refractivity contribution in [1.29, 1.82) is 0 Å². The predicted molar refractivity (Wildman–Crippen MR) is 27.5 cm³/mol. The second-order valence-electron chi connectivity index (χ2n) is 0. The zero-order chi connectivity index (χ0) is 0. The fourth-order valence-electron chi connectivity index (χ4n) is 0. The standard InChI is InChI=1S/Ca.Fe.Mg.H2S.4H/h;;;1H2;;;;. The summed E-state index contributed by atoms with van der Waals surface area (Å²) in [5.74, 6) is 0. The van der Waals surface area contributed by atoms with Gasteiger partial charge in [0.2, 0.25) is 0 Å². The van der Waals surface area contributed by atoms with Gasteiger partial charge in [0.1, 0.15) is 0 Å². The maximum Gasteiger partial charge on any atom is 0.316 e. The molecule has 0 bridgehead atoms. The first-order chi connectivity index (χ1) is 0. The maximum absolute atomic E-state index is 0. The normalized spacial score (nSPS) is 0. The van der Waals surface area contributed by atoms with E-state index in [0.717, 1.165) is 0 Å². The summed E-state index contributed by atoms with van der Waals surface area (Å²) in [5, 5.41) is 0. The molecule has 0 fully saturated rings. The van der Waals surface area contributed by atoms with Crippen molar-refractivity contribution in [3.05, 3.63) is 0 Å². The second-order valence-corrected chi connectivity index (χ2v) is 0. The summed E-state index contributed by atoms with van der Waals surface area (Å²) in [7, 11) is 0. The molecule has 0 amide bonds. The first-order valence-corrected chi connectivity index (χ1v) is 0. The Balaban J connectivity index is 0. The molecule has 0 heterocycles. The van der Waals surface area contributed by atoms with E-state index in [9.17, 15) is 0 Å². The van der Waals surface area contributed by atoms with E-state index in [1.165, 1.54) is 0 Å². The zero-order valence-corrected chi connectivity index (χ0v) is 2.96. The van der Waals surface area contributed by atoms with Gasteiger partial charge in [-0.1, -0.05) is 0 Å². The molecular weight excluding hydrogens is 152 g/mol. The molecule has 0 saturated heterocycles. The molecule has 0 unspecified atom stereocenters. The van der Waals surface area contributed by atoms with Gasteiger partial charge in [-0.15, -0.1) is 0 Å². The molecular formula is H6CaFeMgS. The van der Waals surface area contributed by atoms with Crippen LogP contribution in [0.1, 0.15) is 0 Å².